The molecule has 1 aliphatic carbocycles. The summed E-state index contributed by atoms with van der Waals surface area (Å²) in [6.07, 6.45) is 5.21. The highest BCUT2D eigenvalue weighted by Gasteiger charge is 2.17. The van der Waals surface area contributed by atoms with Gasteiger partial charge in [0.25, 0.3) is 0 Å². The maximum absolute atomic E-state index is 5.70. The molecule has 1 aromatic heterocycles. The fourth-order valence-electron chi connectivity index (χ4n) is 0.859. The van der Waals surface area contributed by atoms with Gasteiger partial charge in [-0.25, -0.2) is 4.98 Å². The van der Waals surface area contributed by atoms with Gasteiger partial charge >= 0.3 is 0 Å². The van der Waals surface area contributed by atoms with Crippen LogP contribution in [-0.2, 0) is 0 Å². The van der Waals surface area contributed by atoms with Crippen LogP contribution in [0, 0.1) is 0 Å². The van der Waals surface area contributed by atoms with Crippen molar-refractivity contribution in [3.63, 3.8) is 0 Å². The summed E-state index contributed by atoms with van der Waals surface area (Å²) < 4.78 is 4.79. The monoisotopic (exact) mass is 136 g/mol. The molecule has 1 saturated carbocycles. The second-order valence-corrected chi connectivity index (χ2v) is 2.39. The van der Waals surface area contributed by atoms with Gasteiger partial charge in [-0.15, -0.1) is 0 Å². The lowest BCUT2D eigenvalue weighted by atomic mass is 10.3. The summed E-state index contributed by atoms with van der Waals surface area (Å²) in [6, 6.07) is 0. The van der Waals surface area contributed by atoms with E-state index >= 15 is 0 Å². The van der Waals surface area contributed by atoms with Crippen LogP contribution in [0.5, 0.6) is 0 Å². The average molecular weight is 136 g/mol. The molecule has 0 amide bonds. The van der Waals surface area contributed by atoms with Crippen LogP contribution < -0.4 is 5.73 Å². The van der Waals surface area contributed by atoms with Gasteiger partial charge in [0.15, 0.2) is 6.39 Å². The standard InChI is InChI=1S/C7H8N2O/c8-7(5-1-2-5)6-3-10-4-9-6/h3-4H,1-2,8H2. The number of aromatic nitrogens is 1. The van der Waals surface area contributed by atoms with E-state index in [1.807, 2.05) is 0 Å². The third kappa shape index (κ3) is 0.795. The van der Waals surface area contributed by atoms with Crippen LogP contribution in [0.3, 0.4) is 0 Å². The van der Waals surface area contributed by atoms with Gasteiger partial charge in [-0.3, -0.25) is 0 Å². The van der Waals surface area contributed by atoms with Crippen molar-refractivity contribution < 1.29 is 4.42 Å². The van der Waals surface area contributed by atoms with Crippen LogP contribution in [0.2, 0.25) is 0 Å². The van der Waals surface area contributed by atoms with Crippen molar-refractivity contribution in [2.24, 2.45) is 5.73 Å². The van der Waals surface area contributed by atoms with Gasteiger partial charge in [0, 0.05) is 0 Å². The molecule has 1 fully saturated rings. The van der Waals surface area contributed by atoms with Crippen LogP contribution in [0.4, 0.5) is 0 Å². The maximum Gasteiger partial charge on any atom is 0.181 e. The Hall–Kier alpha value is -1.25. The molecule has 0 saturated heterocycles. The van der Waals surface area contributed by atoms with E-state index in [1.54, 1.807) is 6.26 Å². The minimum atomic E-state index is 0.771. The van der Waals surface area contributed by atoms with Crippen molar-refractivity contribution in [1.82, 2.24) is 4.98 Å². The van der Waals surface area contributed by atoms with Crippen LogP contribution in [0.25, 0.3) is 5.70 Å². The normalized spacial score (nSPS) is 15.4. The first-order chi connectivity index (χ1) is 4.88. The number of allylic oxidation sites excluding steroid dienone is 1. The second-order valence-electron chi connectivity index (χ2n) is 2.39. The Morgan fingerprint density at radius 3 is 2.90 bits per heavy atom. The molecule has 0 aliphatic heterocycles. The summed E-state index contributed by atoms with van der Waals surface area (Å²) in [5, 5.41) is 0. The number of rotatable bonds is 1. The van der Waals surface area contributed by atoms with E-state index in [2.05, 4.69) is 4.98 Å². The van der Waals surface area contributed by atoms with E-state index in [0.717, 1.165) is 24.2 Å². The van der Waals surface area contributed by atoms with Gasteiger partial charge in [-0.1, -0.05) is 0 Å². The number of hydrogen-bond donors (Lipinski definition) is 1. The largest absolute Gasteiger partial charge is 0.451 e. The molecule has 0 aromatic carbocycles. The van der Waals surface area contributed by atoms with Gasteiger partial charge in [0.2, 0.25) is 0 Å². The molecule has 2 N–H and O–H groups in total. The zero-order chi connectivity index (χ0) is 6.97. The number of nitrogens with two attached hydrogens (primary N) is 1. The van der Waals surface area contributed by atoms with Crippen LogP contribution in [-0.4, -0.2) is 4.98 Å². The summed E-state index contributed by atoms with van der Waals surface area (Å²) in [6.45, 7) is 0. The fourth-order valence-corrected chi connectivity index (χ4v) is 0.859. The molecule has 0 bridgehead atoms. The Labute approximate surface area is 58.5 Å². The van der Waals surface area contributed by atoms with E-state index in [0.29, 0.717) is 0 Å². The molecule has 0 unspecified atom stereocenters. The Bertz CT molecular complexity index is 255. The van der Waals surface area contributed by atoms with Gasteiger partial charge in [-0.05, 0) is 18.4 Å². The summed E-state index contributed by atoms with van der Waals surface area (Å²) in [7, 11) is 0. The quantitative estimate of drug-likeness (QED) is 0.629. The number of oxazole rings is 1. The molecular weight excluding hydrogens is 128 g/mol. The lowest BCUT2D eigenvalue weighted by molar-refractivity contribution is 0.557. The summed E-state index contributed by atoms with van der Waals surface area (Å²) in [4.78, 5) is 3.93. The highest BCUT2D eigenvalue weighted by atomic mass is 16.3. The molecule has 0 spiro atoms. The van der Waals surface area contributed by atoms with Gasteiger partial charge in [0.1, 0.15) is 12.0 Å². The molecule has 1 heterocycles. The Morgan fingerprint density at radius 1 is 1.60 bits per heavy atom. The van der Waals surface area contributed by atoms with E-state index < -0.39 is 0 Å². The van der Waals surface area contributed by atoms with Gasteiger partial charge in [-0.2, -0.15) is 0 Å². The SMILES string of the molecule is NC(=C1CC1)c1cocn1. The van der Waals surface area contributed by atoms with E-state index in [-0.39, 0.29) is 0 Å². The first kappa shape index (κ1) is 5.53. The molecule has 52 valence electrons. The molecule has 1 aliphatic rings. The maximum atomic E-state index is 5.70. The van der Waals surface area contributed by atoms with E-state index in [4.69, 9.17) is 10.2 Å². The van der Waals surface area contributed by atoms with Gasteiger partial charge < -0.3 is 10.2 Å². The number of hydrogen-bond acceptors (Lipinski definition) is 3. The first-order valence-corrected chi connectivity index (χ1v) is 3.24. The molecule has 1 aromatic rings. The van der Waals surface area contributed by atoms with Crippen LogP contribution in [0.15, 0.2) is 22.6 Å². The molecule has 10 heavy (non-hydrogen) atoms. The summed E-state index contributed by atoms with van der Waals surface area (Å²) >= 11 is 0. The highest BCUT2D eigenvalue weighted by Crippen LogP contribution is 2.32. The van der Waals surface area contributed by atoms with Crippen molar-refractivity contribution in [3.8, 4) is 0 Å². The first-order valence-electron chi connectivity index (χ1n) is 3.24. The minimum Gasteiger partial charge on any atom is -0.451 e. The third-order valence-electron chi connectivity index (χ3n) is 1.59. The van der Waals surface area contributed by atoms with Crippen molar-refractivity contribution in [2.75, 3.05) is 0 Å². The lowest BCUT2D eigenvalue weighted by Crippen LogP contribution is -1.95. The van der Waals surface area contributed by atoms with Crippen molar-refractivity contribution in [1.29, 1.82) is 0 Å². The Balaban J connectivity index is 2.36. The molecular formula is C7H8N2O. The van der Waals surface area contributed by atoms with Gasteiger partial charge in [0.05, 0.1) is 5.70 Å². The highest BCUT2D eigenvalue weighted by molar-refractivity contribution is 5.65. The summed E-state index contributed by atoms with van der Waals surface area (Å²) in [5.41, 5.74) is 8.57. The number of nitrogens with zero attached hydrogens (tertiary/aromatic N) is 1. The Morgan fingerprint density at radius 2 is 2.40 bits per heavy atom. The zero-order valence-electron chi connectivity index (χ0n) is 5.50. The lowest BCUT2D eigenvalue weighted by Gasteiger charge is -1.89. The molecule has 0 atom stereocenters. The van der Waals surface area contributed by atoms with Crippen molar-refractivity contribution in [3.05, 3.63) is 23.9 Å². The average Bonchev–Trinajstić information content (AvgIpc) is 2.65. The molecule has 3 heteroatoms. The Kier molecular flexibility index (Phi) is 1.03. The second kappa shape index (κ2) is 1.87. The summed E-state index contributed by atoms with van der Waals surface area (Å²) in [5.74, 6) is 0. The topological polar surface area (TPSA) is 52.0 Å². The molecule has 2 rings (SSSR count). The predicted molar refractivity (Wildman–Crippen MR) is 36.8 cm³/mol. The molecule has 3 nitrogen and oxygen atoms in total. The molecule has 0 radical (unpaired) electrons. The zero-order valence-corrected chi connectivity index (χ0v) is 5.50. The van der Waals surface area contributed by atoms with Crippen LogP contribution in [0.1, 0.15) is 18.5 Å². The van der Waals surface area contributed by atoms with Crippen molar-refractivity contribution >= 4 is 5.70 Å². The smallest absolute Gasteiger partial charge is 0.181 e. The van der Waals surface area contributed by atoms with E-state index in [1.165, 1.54) is 12.0 Å². The van der Waals surface area contributed by atoms with Crippen molar-refractivity contribution in [2.45, 2.75) is 12.8 Å². The fraction of sp³-hybridized carbons (Fsp3) is 0.286. The third-order valence-corrected chi connectivity index (χ3v) is 1.59. The minimum absolute atomic E-state index is 0.771. The van der Waals surface area contributed by atoms with E-state index in [9.17, 15) is 0 Å². The predicted octanol–water partition coefficient (Wildman–Crippen LogP) is 1.14. The van der Waals surface area contributed by atoms with Crippen LogP contribution >= 0.6 is 0 Å².